The molecule has 7 nitrogen and oxygen atoms in total. The first-order chi connectivity index (χ1) is 8.94. The zero-order valence-corrected chi connectivity index (χ0v) is 12.4. The number of carboxylic acid groups (broad SMARTS) is 1. The second-order valence-electron chi connectivity index (χ2n) is 4.13. The highest BCUT2D eigenvalue weighted by molar-refractivity contribution is 8.01. The van der Waals surface area contributed by atoms with Crippen LogP contribution in [0, 0.1) is 0 Å². The van der Waals surface area contributed by atoms with Gasteiger partial charge in [-0.05, 0) is 12.8 Å². The summed E-state index contributed by atoms with van der Waals surface area (Å²) in [5.41, 5.74) is 0. The maximum atomic E-state index is 11.3. The van der Waals surface area contributed by atoms with E-state index in [0.717, 1.165) is 11.8 Å². The summed E-state index contributed by atoms with van der Waals surface area (Å²) >= 11 is 2.41. The van der Waals surface area contributed by atoms with Gasteiger partial charge < -0.3 is 10.4 Å². The molecule has 1 aliphatic rings. The highest BCUT2D eigenvalue weighted by Crippen LogP contribution is 2.27. The number of anilines is 1. The highest BCUT2D eigenvalue weighted by Gasteiger charge is 2.24. The summed E-state index contributed by atoms with van der Waals surface area (Å²) in [6.45, 7) is 0. The minimum atomic E-state index is -2.86. The van der Waals surface area contributed by atoms with Gasteiger partial charge >= 0.3 is 5.97 Å². The van der Waals surface area contributed by atoms with Crippen LogP contribution in [-0.2, 0) is 14.6 Å². The average molecular weight is 323 g/mol. The lowest BCUT2D eigenvalue weighted by molar-refractivity contribution is -0.133. The Bertz CT molecular complexity index is 543. The second-order valence-corrected chi connectivity index (χ2v) is 8.63. The van der Waals surface area contributed by atoms with Crippen LogP contribution in [0.2, 0.25) is 0 Å². The number of aromatic nitrogens is 2. The number of hydrogen-bond donors (Lipinski definition) is 2. The fraction of sp³-hybridized carbons (Fsp3) is 0.667. The molecule has 0 aromatic carbocycles. The van der Waals surface area contributed by atoms with Crippen LogP contribution in [-0.4, -0.2) is 53.0 Å². The first-order valence-electron chi connectivity index (χ1n) is 5.60. The molecule has 0 bridgehead atoms. The number of nitrogens with zero attached hydrogens (tertiary/aromatic N) is 2. The van der Waals surface area contributed by atoms with E-state index >= 15 is 0 Å². The first-order valence-corrected chi connectivity index (χ1v) is 9.22. The predicted octanol–water partition coefficient (Wildman–Crippen LogP) is 0.704. The fourth-order valence-electron chi connectivity index (χ4n) is 1.66. The quantitative estimate of drug-likeness (QED) is 0.762. The Morgan fingerprint density at radius 2 is 2.11 bits per heavy atom. The van der Waals surface area contributed by atoms with Crippen molar-refractivity contribution in [2.75, 3.05) is 22.6 Å². The van der Waals surface area contributed by atoms with Gasteiger partial charge in [0.15, 0.2) is 4.34 Å². The molecule has 0 radical (unpaired) electrons. The van der Waals surface area contributed by atoms with E-state index in [1.807, 2.05) is 0 Å². The van der Waals surface area contributed by atoms with E-state index in [1.54, 1.807) is 0 Å². The Kier molecular flexibility index (Phi) is 4.63. The summed E-state index contributed by atoms with van der Waals surface area (Å²) < 4.78 is 23.2. The molecule has 1 aromatic heterocycles. The SMILES string of the molecule is O=C(O)CSc1nnc(NC2CCS(=O)(=O)CC2)s1. The van der Waals surface area contributed by atoms with Crippen LogP contribution in [0.4, 0.5) is 5.13 Å². The number of carboxylic acids is 1. The number of aliphatic carboxylic acids is 1. The number of hydrogen-bond acceptors (Lipinski definition) is 8. The van der Waals surface area contributed by atoms with Crippen molar-refractivity contribution in [1.82, 2.24) is 10.2 Å². The lowest BCUT2D eigenvalue weighted by Crippen LogP contribution is -2.32. The molecule has 10 heteroatoms. The number of carbonyl (C=O) groups is 1. The minimum Gasteiger partial charge on any atom is -0.481 e. The Hall–Kier alpha value is -0.870. The van der Waals surface area contributed by atoms with Gasteiger partial charge in [0.2, 0.25) is 5.13 Å². The Morgan fingerprint density at radius 3 is 2.74 bits per heavy atom. The summed E-state index contributed by atoms with van der Waals surface area (Å²) in [6.07, 6.45) is 1.14. The van der Waals surface area contributed by atoms with Crippen molar-refractivity contribution in [1.29, 1.82) is 0 Å². The molecule has 1 aliphatic heterocycles. The third kappa shape index (κ3) is 4.62. The van der Waals surface area contributed by atoms with E-state index < -0.39 is 15.8 Å². The van der Waals surface area contributed by atoms with Gasteiger partial charge in [-0.15, -0.1) is 10.2 Å². The van der Waals surface area contributed by atoms with Crippen molar-refractivity contribution in [3.05, 3.63) is 0 Å². The third-order valence-corrected chi connectivity index (χ3v) is 6.30. The molecule has 0 aliphatic carbocycles. The van der Waals surface area contributed by atoms with Crippen molar-refractivity contribution < 1.29 is 18.3 Å². The normalized spacial score (nSPS) is 19.2. The Morgan fingerprint density at radius 1 is 1.42 bits per heavy atom. The van der Waals surface area contributed by atoms with E-state index in [4.69, 9.17) is 5.11 Å². The Labute approximate surface area is 118 Å². The maximum Gasteiger partial charge on any atom is 0.313 e. The van der Waals surface area contributed by atoms with E-state index in [9.17, 15) is 13.2 Å². The van der Waals surface area contributed by atoms with E-state index in [2.05, 4.69) is 15.5 Å². The lowest BCUT2D eigenvalue weighted by Gasteiger charge is -2.22. The zero-order chi connectivity index (χ0) is 13.9. The molecule has 1 fully saturated rings. The predicted molar refractivity (Wildman–Crippen MR) is 73.6 cm³/mol. The van der Waals surface area contributed by atoms with Gasteiger partial charge in [-0.1, -0.05) is 23.1 Å². The lowest BCUT2D eigenvalue weighted by atomic mass is 10.2. The van der Waals surface area contributed by atoms with E-state index in [1.165, 1.54) is 11.3 Å². The first kappa shape index (κ1) is 14.5. The van der Waals surface area contributed by atoms with Gasteiger partial charge in [-0.3, -0.25) is 4.79 Å². The summed E-state index contributed by atoms with van der Waals surface area (Å²) in [7, 11) is -2.86. The molecule has 0 unspecified atom stereocenters. The molecule has 2 heterocycles. The average Bonchev–Trinajstić information content (AvgIpc) is 2.77. The van der Waals surface area contributed by atoms with E-state index in [-0.39, 0.29) is 23.3 Å². The molecule has 2 rings (SSSR count). The van der Waals surface area contributed by atoms with Crippen LogP contribution >= 0.6 is 23.1 Å². The van der Waals surface area contributed by atoms with Crippen molar-refractivity contribution in [2.45, 2.75) is 23.2 Å². The van der Waals surface area contributed by atoms with Gasteiger partial charge in [-0.2, -0.15) is 0 Å². The third-order valence-electron chi connectivity index (χ3n) is 2.61. The van der Waals surface area contributed by atoms with E-state index in [0.29, 0.717) is 22.3 Å². The summed E-state index contributed by atoms with van der Waals surface area (Å²) in [5, 5.41) is 20.1. The van der Waals surface area contributed by atoms with Crippen LogP contribution in [0.15, 0.2) is 4.34 Å². The zero-order valence-electron chi connectivity index (χ0n) is 9.90. The van der Waals surface area contributed by atoms with Gasteiger partial charge in [-0.25, -0.2) is 8.42 Å². The van der Waals surface area contributed by atoms with Crippen LogP contribution in [0.25, 0.3) is 0 Å². The highest BCUT2D eigenvalue weighted by atomic mass is 32.2. The summed E-state index contributed by atoms with van der Waals surface area (Å²) in [4.78, 5) is 10.4. The van der Waals surface area contributed by atoms with Crippen LogP contribution in [0.5, 0.6) is 0 Å². The minimum absolute atomic E-state index is 0.0453. The van der Waals surface area contributed by atoms with Crippen molar-refractivity contribution in [3.63, 3.8) is 0 Å². The topological polar surface area (TPSA) is 109 Å². The fourth-order valence-corrected chi connectivity index (χ4v) is 4.70. The number of rotatable bonds is 5. The molecule has 1 saturated heterocycles. The molecule has 1 aromatic rings. The van der Waals surface area contributed by atoms with Crippen molar-refractivity contribution in [3.8, 4) is 0 Å². The molecule has 2 N–H and O–H groups in total. The van der Waals surface area contributed by atoms with Gasteiger partial charge in [0.05, 0.1) is 17.3 Å². The number of nitrogens with one attached hydrogen (secondary N) is 1. The van der Waals surface area contributed by atoms with Crippen molar-refractivity contribution >= 4 is 44.0 Å². The van der Waals surface area contributed by atoms with Gasteiger partial charge in [0, 0.05) is 6.04 Å². The van der Waals surface area contributed by atoms with Crippen LogP contribution < -0.4 is 5.32 Å². The molecular weight excluding hydrogens is 310 g/mol. The second kappa shape index (κ2) is 6.06. The summed E-state index contributed by atoms with van der Waals surface area (Å²) in [5.74, 6) is -0.544. The Balaban J connectivity index is 1.85. The van der Waals surface area contributed by atoms with Crippen LogP contribution in [0.1, 0.15) is 12.8 Å². The van der Waals surface area contributed by atoms with Gasteiger partial charge in [0.1, 0.15) is 9.84 Å². The molecule has 0 spiro atoms. The molecule has 0 amide bonds. The molecular formula is C9H13N3O4S3. The smallest absolute Gasteiger partial charge is 0.313 e. The van der Waals surface area contributed by atoms with Crippen LogP contribution in [0.3, 0.4) is 0 Å². The molecule has 19 heavy (non-hydrogen) atoms. The van der Waals surface area contributed by atoms with Gasteiger partial charge in [0.25, 0.3) is 0 Å². The largest absolute Gasteiger partial charge is 0.481 e. The van der Waals surface area contributed by atoms with Crippen molar-refractivity contribution in [2.24, 2.45) is 0 Å². The summed E-state index contributed by atoms with van der Waals surface area (Å²) in [6, 6.07) is 0.0915. The molecule has 0 saturated carbocycles. The number of thioether (sulfide) groups is 1. The molecule has 0 atom stereocenters. The molecule has 106 valence electrons. The number of sulfone groups is 1. The maximum absolute atomic E-state index is 11.3. The monoisotopic (exact) mass is 323 g/mol. The standard InChI is InChI=1S/C9H13N3O4S3/c13-7(14)5-17-9-12-11-8(18-9)10-6-1-3-19(15,16)4-2-6/h6H,1-5H2,(H,10,11)(H,13,14).